The molecule has 0 bridgehead atoms. The van der Waals surface area contributed by atoms with Gasteiger partial charge in [0.1, 0.15) is 18.1 Å². The summed E-state index contributed by atoms with van der Waals surface area (Å²) < 4.78 is 5.73. The van der Waals surface area contributed by atoms with Crippen LogP contribution in [0.25, 0.3) is 11.1 Å². The Kier molecular flexibility index (Phi) is 3.32. The standard InChI is InChI=1S/C17H12ClNO2/c1-10-15-7-14(20)2-3-17(15)21-9-16(10)12-4-11(8-19)5-13(18)6-12/h2-7,20H,9H2,1H3. The predicted octanol–water partition coefficient (Wildman–Crippen LogP) is 4.24. The quantitative estimate of drug-likeness (QED) is 0.856. The lowest BCUT2D eigenvalue weighted by molar-refractivity contribution is 0.363. The van der Waals surface area contributed by atoms with Crippen LogP contribution in [0.5, 0.6) is 11.5 Å². The summed E-state index contributed by atoms with van der Waals surface area (Å²) >= 11 is 6.07. The molecule has 0 amide bonds. The fourth-order valence-corrected chi connectivity index (χ4v) is 2.72. The number of halogens is 1. The fraction of sp³-hybridized carbons (Fsp3) is 0.118. The Hall–Kier alpha value is -2.44. The van der Waals surface area contributed by atoms with Crippen molar-refractivity contribution < 1.29 is 9.84 Å². The number of hydrogen-bond donors (Lipinski definition) is 1. The molecule has 2 aromatic rings. The number of phenols is 1. The number of nitrogens with zero attached hydrogens (tertiary/aromatic N) is 1. The second-order valence-corrected chi connectivity index (χ2v) is 5.35. The normalized spacial score (nSPS) is 13.4. The van der Waals surface area contributed by atoms with Gasteiger partial charge in [-0.05, 0) is 54.5 Å². The molecule has 3 rings (SSSR count). The zero-order valence-electron chi connectivity index (χ0n) is 11.4. The molecule has 1 aliphatic rings. The van der Waals surface area contributed by atoms with E-state index in [1.807, 2.05) is 13.0 Å². The molecular weight excluding hydrogens is 286 g/mol. The fourth-order valence-electron chi connectivity index (χ4n) is 2.49. The third kappa shape index (κ3) is 2.46. The zero-order chi connectivity index (χ0) is 15.0. The maximum atomic E-state index is 9.65. The minimum Gasteiger partial charge on any atom is -0.508 e. The Morgan fingerprint density at radius 2 is 2.05 bits per heavy atom. The summed E-state index contributed by atoms with van der Waals surface area (Å²) in [5.74, 6) is 0.943. The molecule has 0 aromatic heterocycles. The van der Waals surface area contributed by atoms with Crippen LogP contribution in [0.3, 0.4) is 0 Å². The number of ether oxygens (including phenoxy) is 1. The number of allylic oxidation sites excluding steroid dienone is 1. The molecule has 0 saturated heterocycles. The van der Waals surface area contributed by atoms with Gasteiger partial charge in [-0.15, -0.1) is 0 Å². The van der Waals surface area contributed by atoms with Crippen LogP contribution in [0.4, 0.5) is 0 Å². The highest BCUT2D eigenvalue weighted by Gasteiger charge is 2.19. The third-order valence-electron chi connectivity index (χ3n) is 3.57. The average molecular weight is 298 g/mol. The first kappa shape index (κ1) is 13.5. The molecule has 1 N–H and O–H groups in total. The maximum Gasteiger partial charge on any atom is 0.127 e. The van der Waals surface area contributed by atoms with Crippen LogP contribution >= 0.6 is 11.6 Å². The zero-order valence-corrected chi connectivity index (χ0v) is 12.1. The molecule has 0 unspecified atom stereocenters. The topological polar surface area (TPSA) is 53.2 Å². The number of hydrogen-bond acceptors (Lipinski definition) is 3. The summed E-state index contributed by atoms with van der Waals surface area (Å²) in [5.41, 5.74) is 4.21. The Morgan fingerprint density at radius 3 is 2.81 bits per heavy atom. The van der Waals surface area contributed by atoms with E-state index in [-0.39, 0.29) is 5.75 Å². The van der Waals surface area contributed by atoms with E-state index in [0.29, 0.717) is 17.2 Å². The molecule has 104 valence electrons. The van der Waals surface area contributed by atoms with E-state index in [1.54, 1.807) is 30.3 Å². The van der Waals surface area contributed by atoms with Crippen molar-refractivity contribution >= 4 is 22.7 Å². The van der Waals surface area contributed by atoms with E-state index >= 15 is 0 Å². The van der Waals surface area contributed by atoms with Crippen molar-refractivity contribution in [3.8, 4) is 17.6 Å². The van der Waals surface area contributed by atoms with Crippen LogP contribution in [0, 0.1) is 11.3 Å². The smallest absolute Gasteiger partial charge is 0.127 e. The van der Waals surface area contributed by atoms with E-state index in [4.69, 9.17) is 21.6 Å². The molecule has 0 atom stereocenters. The van der Waals surface area contributed by atoms with Gasteiger partial charge in [-0.3, -0.25) is 0 Å². The Balaban J connectivity index is 2.17. The van der Waals surface area contributed by atoms with Crippen molar-refractivity contribution in [1.29, 1.82) is 5.26 Å². The summed E-state index contributed by atoms with van der Waals surface area (Å²) in [4.78, 5) is 0. The van der Waals surface area contributed by atoms with Gasteiger partial charge in [0.25, 0.3) is 0 Å². The van der Waals surface area contributed by atoms with E-state index in [2.05, 4.69) is 6.07 Å². The number of fused-ring (bicyclic) bond motifs is 1. The summed E-state index contributed by atoms with van der Waals surface area (Å²) in [6.45, 7) is 2.39. The van der Waals surface area contributed by atoms with Crippen molar-refractivity contribution in [2.45, 2.75) is 6.92 Å². The molecule has 0 spiro atoms. The highest BCUT2D eigenvalue weighted by molar-refractivity contribution is 6.31. The van der Waals surface area contributed by atoms with E-state index in [0.717, 1.165) is 28.0 Å². The van der Waals surface area contributed by atoms with Crippen LogP contribution < -0.4 is 4.74 Å². The third-order valence-corrected chi connectivity index (χ3v) is 3.79. The Morgan fingerprint density at radius 1 is 1.24 bits per heavy atom. The lowest BCUT2D eigenvalue weighted by Gasteiger charge is -2.23. The van der Waals surface area contributed by atoms with Crippen molar-refractivity contribution in [2.75, 3.05) is 6.61 Å². The summed E-state index contributed by atoms with van der Waals surface area (Å²) in [5, 5.41) is 19.2. The van der Waals surface area contributed by atoms with Gasteiger partial charge in [0, 0.05) is 16.2 Å². The Bertz CT molecular complexity index is 803. The van der Waals surface area contributed by atoms with Crippen LogP contribution in [-0.4, -0.2) is 11.7 Å². The molecule has 0 fully saturated rings. The van der Waals surface area contributed by atoms with Crippen LogP contribution in [0.2, 0.25) is 5.02 Å². The average Bonchev–Trinajstić information content (AvgIpc) is 2.47. The van der Waals surface area contributed by atoms with Crippen molar-refractivity contribution in [1.82, 2.24) is 0 Å². The number of rotatable bonds is 1. The van der Waals surface area contributed by atoms with Gasteiger partial charge in [0.2, 0.25) is 0 Å². The molecule has 0 radical (unpaired) electrons. The van der Waals surface area contributed by atoms with Gasteiger partial charge in [-0.1, -0.05) is 11.6 Å². The predicted molar refractivity (Wildman–Crippen MR) is 82.3 cm³/mol. The summed E-state index contributed by atoms with van der Waals surface area (Å²) in [6, 6.07) is 12.4. The molecule has 0 saturated carbocycles. The molecule has 4 heteroatoms. The van der Waals surface area contributed by atoms with Gasteiger partial charge >= 0.3 is 0 Å². The van der Waals surface area contributed by atoms with E-state index in [9.17, 15) is 5.11 Å². The molecule has 0 aliphatic carbocycles. The van der Waals surface area contributed by atoms with Crippen molar-refractivity contribution in [2.24, 2.45) is 0 Å². The number of phenolic OH excluding ortho intramolecular Hbond substituents is 1. The van der Waals surface area contributed by atoms with Crippen LogP contribution in [0.1, 0.15) is 23.6 Å². The lowest BCUT2D eigenvalue weighted by Crippen LogP contribution is -2.09. The molecular formula is C17H12ClNO2. The summed E-state index contributed by atoms with van der Waals surface area (Å²) in [7, 11) is 0. The van der Waals surface area contributed by atoms with Crippen molar-refractivity contribution in [3.05, 3.63) is 58.1 Å². The minimum atomic E-state index is 0.196. The molecule has 1 aliphatic heterocycles. The van der Waals surface area contributed by atoms with Gasteiger partial charge in [0.05, 0.1) is 11.6 Å². The highest BCUT2D eigenvalue weighted by Crippen LogP contribution is 2.39. The van der Waals surface area contributed by atoms with Crippen LogP contribution in [-0.2, 0) is 0 Å². The van der Waals surface area contributed by atoms with Gasteiger partial charge in [-0.2, -0.15) is 5.26 Å². The molecule has 1 heterocycles. The highest BCUT2D eigenvalue weighted by atomic mass is 35.5. The van der Waals surface area contributed by atoms with Crippen LogP contribution in [0.15, 0.2) is 36.4 Å². The van der Waals surface area contributed by atoms with Gasteiger partial charge < -0.3 is 9.84 Å². The maximum absolute atomic E-state index is 9.65. The first-order chi connectivity index (χ1) is 10.1. The van der Waals surface area contributed by atoms with Gasteiger partial charge in [0.15, 0.2) is 0 Å². The summed E-state index contributed by atoms with van der Waals surface area (Å²) in [6.07, 6.45) is 0. The van der Waals surface area contributed by atoms with E-state index < -0.39 is 0 Å². The lowest BCUT2D eigenvalue weighted by atomic mass is 9.93. The number of nitriles is 1. The molecule has 3 nitrogen and oxygen atoms in total. The number of benzene rings is 2. The monoisotopic (exact) mass is 297 g/mol. The largest absolute Gasteiger partial charge is 0.508 e. The van der Waals surface area contributed by atoms with Gasteiger partial charge in [-0.25, -0.2) is 0 Å². The Labute approximate surface area is 127 Å². The first-order valence-corrected chi connectivity index (χ1v) is 6.83. The minimum absolute atomic E-state index is 0.196. The second-order valence-electron chi connectivity index (χ2n) is 4.91. The van der Waals surface area contributed by atoms with E-state index in [1.165, 1.54) is 0 Å². The first-order valence-electron chi connectivity index (χ1n) is 6.45. The second kappa shape index (κ2) is 5.16. The molecule has 2 aromatic carbocycles. The molecule has 21 heavy (non-hydrogen) atoms. The SMILES string of the molecule is CC1=C(c2cc(Cl)cc(C#N)c2)COc2ccc(O)cc21. The number of aromatic hydroxyl groups is 1. The van der Waals surface area contributed by atoms with Crippen molar-refractivity contribution in [3.63, 3.8) is 0 Å².